The Morgan fingerprint density at radius 3 is 2.00 bits per heavy atom. The van der Waals surface area contributed by atoms with Crippen LogP contribution in [0.1, 0.15) is 19.3 Å². The van der Waals surface area contributed by atoms with Crippen molar-refractivity contribution in [2.75, 3.05) is 7.11 Å². The number of methoxy groups -OCH3 is 1. The van der Waals surface area contributed by atoms with Gasteiger partial charge in [-0.25, -0.2) is 0 Å². The normalized spacial score (nSPS) is 41.7. The Kier molecular flexibility index (Phi) is 2.65. The van der Waals surface area contributed by atoms with Gasteiger partial charge in [-0.1, -0.05) is 0 Å². The van der Waals surface area contributed by atoms with Crippen molar-refractivity contribution in [3.63, 3.8) is 0 Å². The number of aliphatic hydroxyl groups is 2. The van der Waals surface area contributed by atoms with Crippen molar-refractivity contribution in [1.82, 2.24) is 0 Å². The number of aliphatic hydroxyl groups excluding tert-OH is 2. The lowest BCUT2D eigenvalue weighted by Gasteiger charge is -2.30. The fourth-order valence-corrected chi connectivity index (χ4v) is 1.44. The van der Waals surface area contributed by atoms with E-state index in [1.54, 1.807) is 0 Å². The lowest BCUT2D eigenvalue weighted by molar-refractivity contribution is -0.104. The van der Waals surface area contributed by atoms with Gasteiger partial charge in [-0.3, -0.25) is 0 Å². The molecule has 2 N–H and O–H groups in total. The monoisotopic (exact) mass is 146 g/mol. The quantitative estimate of drug-likeness (QED) is 0.543. The van der Waals surface area contributed by atoms with Crippen LogP contribution in [0, 0.1) is 0 Å². The van der Waals surface area contributed by atoms with Gasteiger partial charge < -0.3 is 14.9 Å². The van der Waals surface area contributed by atoms with E-state index in [-0.39, 0.29) is 6.10 Å². The van der Waals surface area contributed by atoms with Crippen LogP contribution in [0.15, 0.2) is 0 Å². The van der Waals surface area contributed by atoms with Gasteiger partial charge in [0.05, 0.1) is 12.2 Å². The van der Waals surface area contributed by atoms with Crippen LogP contribution in [0.2, 0.25) is 0 Å². The fourth-order valence-electron chi connectivity index (χ4n) is 1.44. The van der Waals surface area contributed by atoms with Gasteiger partial charge in [0.2, 0.25) is 0 Å². The molecular formula is C7H14O3. The van der Waals surface area contributed by atoms with E-state index in [1.807, 2.05) is 0 Å². The first-order valence-corrected chi connectivity index (χ1v) is 3.64. The van der Waals surface area contributed by atoms with Crippen LogP contribution in [0.25, 0.3) is 0 Å². The van der Waals surface area contributed by atoms with E-state index in [2.05, 4.69) is 0 Å². The Morgan fingerprint density at radius 2 is 1.70 bits per heavy atom. The number of hydrogen-bond acceptors (Lipinski definition) is 3. The van der Waals surface area contributed by atoms with Crippen molar-refractivity contribution < 1.29 is 14.9 Å². The van der Waals surface area contributed by atoms with Gasteiger partial charge in [0.1, 0.15) is 6.10 Å². The largest absolute Gasteiger partial charge is 0.390 e. The van der Waals surface area contributed by atoms with E-state index >= 15 is 0 Å². The molecule has 3 heteroatoms. The van der Waals surface area contributed by atoms with Crippen LogP contribution in [0.4, 0.5) is 0 Å². The van der Waals surface area contributed by atoms with Crippen molar-refractivity contribution in [3.05, 3.63) is 0 Å². The van der Waals surface area contributed by atoms with Gasteiger partial charge in [-0.05, 0) is 19.3 Å². The molecule has 3 nitrogen and oxygen atoms in total. The van der Waals surface area contributed by atoms with Crippen LogP contribution >= 0.6 is 0 Å². The molecule has 0 radical (unpaired) electrons. The van der Waals surface area contributed by atoms with Gasteiger partial charge in [-0.15, -0.1) is 0 Å². The molecule has 1 aliphatic carbocycles. The van der Waals surface area contributed by atoms with Crippen molar-refractivity contribution in [2.45, 2.75) is 37.6 Å². The standard InChI is InChI=1S/C7H14O3/c1-10-7-5(8)3-2-4-6(7)9/h5-9H,2-4H2,1H3. The Bertz CT molecular complexity index is 95.0. The van der Waals surface area contributed by atoms with E-state index in [4.69, 9.17) is 4.74 Å². The van der Waals surface area contributed by atoms with Crippen LogP contribution in [-0.4, -0.2) is 35.6 Å². The second kappa shape index (κ2) is 3.32. The predicted octanol–water partition coefficient (Wildman–Crippen LogP) is -0.0929. The molecule has 0 saturated heterocycles. The molecular weight excluding hydrogens is 132 g/mol. The maximum atomic E-state index is 9.25. The summed E-state index contributed by atoms with van der Waals surface area (Å²) in [6, 6.07) is 0. The van der Waals surface area contributed by atoms with Gasteiger partial charge >= 0.3 is 0 Å². The highest BCUT2D eigenvalue weighted by atomic mass is 16.5. The average Bonchev–Trinajstić information content (AvgIpc) is 1.88. The van der Waals surface area contributed by atoms with Crippen LogP contribution in [-0.2, 0) is 4.74 Å². The van der Waals surface area contributed by atoms with Crippen LogP contribution < -0.4 is 0 Å². The topological polar surface area (TPSA) is 49.7 Å². The molecule has 2 atom stereocenters. The summed E-state index contributed by atoms with van der Waals surface area (Å²) in [6.45, 7) is 0. The minimum Gasteiger partial charge on any atom is -0.390 e. The van der Waals surface area contributed by atoms with Crippen molar-refractivity contribution in [1.29, 1.82) is 0 Å². The third-order valence-electron chi connectivity index (χ3n) is 2.03. The summed E-state index contributed by atoms with van der Waals surface area (Å²) in [5, 5.41) is 18.5. The third-order valence-corrected chi connectivity index (χ3v) is 2.03. The van der Waals surface area contributed by atoms with Crippen LogP contribution in [0.5, 0.6) is 0 Å². The molecule has 2 unspecified atom stereocenters. The lowest BCUT2D eigenvalue weighted by Crippen LogP contribution is -2.42. The van der Waals surface area contributed by atoms with Crippen molar-refractivity contribution in [3.8, 4) is 0 Å². The second-order valence-corrected chi connectivity index (χ2v) is 2.77. The SMILES string of the molecule is COC1C(O)CCCC1O. The third kappa shape index (κ3) is 1.48. The second-order valence-electron chi connectivity index (χ2n) is 2.77. The molecule has 1 aliphatic rings. The molecule has 0 spiro atoms. The summed E-state index contributed by atoms with van der Waals surface area (Å²) in [7, 11) is 1.52. The van der Waals surface area contributed by atoms with Gasteiger partial charge in [0.15, 0.2) is 0 Å². The Hall–Kier alpha value is -0.120. The Morgan fingerprint density at radius 1 is 1.20 bits per heavy atom. The zero-order valence-corrected chi connectivity index (χ0v) is 6.16. The first kappa shape index (κ1) is 7.98. The van der Waals surface area contributed by atoms with E-state index in [0.29, 0.717) is 0 Å². The first-order chi connectivity index (χ1) is 4.75. The van der Waals surface area contributed by atoms with E-state index in [9.17, 15) is 10.2 Å². The molecule has 0 aromatic rings. The highest BCUT2D eigenvalue weighted by Crippen LogP contribution is 2.20. The van der Waals surface area contributed by atoms with Gasteiger partial charge in [0, 0.05) is 7.11 Å². The minimum atomic E-state index is -0.478. The number of rotatable bonds is 1. The molecule has 0 aliphatic heterocycles. The van der Waals surface area contributed by atoms with Crippen molar-refractivity contribution in [2.24, 2.45) is 0 Å². The highest BCUT2D eigenvalue weighted by molar-refractivity contribution is 4.81. The number of ether oxygens (including phenoxy) is 1. The summed E-state index contributed by atoms with van der Waals surface area (Å²) in [4.78, 5) is 0. The molecule has 0 aromatic carbocycles. The Labute approximate surface area is 60.6 Å². The first-order valence-electron chi connectivity index (χ1n) is 3.64. The van der Waals surface area contributed by atoms with E-state index < -0.39 is 12.2 Å². The van der Waals surface area contributed by atoms with Gasteiger partial charge in [-0.2, -0.15) is 0 Å². The molecule has 0 heterocycles. The van der Waals surface area contributed by atoms with E-state index in [0.717, 1.165) is 19.3 Å². The molecule has 0 bridgehead atoms. The summed E-state index contributed by atoms with van der Waals surface area (Å²) < 4.78 is 4.92. The minimum absolute atomic E-state index is 0.367. The smallest absolute Gasteiger partial charge is 0.109 e. The average molecular weight is 146 g/mol. The maximum absolute atomic E-state index is 9.25. The lowest BCUT2D eigenvalue weighted by atomic mass is 9.92. The number of hydrogen-bond donors (Lipinski definition) is 2. The molecule has 10 heavy (non-hydrogen) atoms. The molecule has 1 saturated carbocycles. The molecule has 1 fully saturated rings. The summed E-state index contributed by atoms with van der Waals surface area (Å²) in [6.07, 6.45) is 1.06. The summed E-state index contributed by atoms with van der Waals surface area (Å²) in [5.74, 6) is 0. The van der Waals surface area contributed by atoms with Gasteiger partial charge in [0.25, 0.3) is 0 Å². The molecule has 60 valence electrons. The molecule has 1 rings (SSSR count). The Balaban J connectivity index is 2.45. The van der Waals surface area contributed by atoms with Crippen LogP contribution in [0.3, 0.4) is 0 Å². The zero-order chi connectivity index (χ0) is 7.56. The summed E-state index contributed by atoms with van der Waals surface area (Å²) >= 11 is 0. The van der Waals surface area contributed by atoms with E-state index in [1.165, 1.54) is 7.11 Å². The van der Waals surface area contributed by atoms with Crippen molar-refractivity contribution >= 4 is 0 Å². The molecule has 0 amide bonds. The summed E-state index contributed by atoms with van der Waals surface area (Å²) in [5.41, 5.74) is 0. The molecule has 0 aromatic heterocycles. The maximum Gasteiger partial charge on any atom is 0.109 e. The fraction of sp³-hybridized carbons (Fsp3) is 1.00. The highest BCUT2D eigenvalue weighted by Gasteiger charge is 2.30. The zero-order valence-electron chi connectivity index (χ0n) is 6.16. The predicted molar refractivity (Wildman–Crippen MR) is 36.7 cm³/mol.